The van der Waals surface area contributed by atoms with Crippen molar-refractivity contribution in [1.82, 2.24) is 19.1 Å². The maximum absolute atomic E-state index is 12.7. The topological polar surface area (TPSA) is 102 Å². The average molecular weight is 465 g/mol. The predicted molar refractivity (Wildman–Crippen MR) is 118 cm³/mol. The Hall–Kier alpha value is -3.37. The number of H-pyrrole nitrogens is 1. The molecule has 0 aliphatic rings. The van der Waals surface area contributed by atoms with E-state index in [0.717, 1.165) is 25.0 Å². The number of imidazole rings is 1. The third-order valence-electron chi connectivity index (χ3n) is 5.22. The lowest BCUT2D eigenvalue weighted by molar-refractivity contribution is -0.137. The van der Waals surface area contributed by atoms with Gasteiger partial charge in [0.05, 0.1) is 5.56 Å². The number of nitrogens with one attached hydrogen (secondary N) is 2. The maximum Gasteiger partial charge on any atom is 0.416 e. The third-order valence-corrected chi connectivity index (χ3v) is 5.22. The monoisotopic (exact) mass is 465 g/mol. The second-order valence-electron chi connectivity index (χ2n) is 7.74. The highest BCUT2D eigenvalue weighted by Crippen LogP contribution is 2.29. The van der Waals surface area contributed by atoms with Gasteiger partial charge < -0.3 is 9.88 Å². The number of halogens is 3. The van der Waals surface area contributed by atoms with Gasteiger partial charge in [-0.1, -0.05) is 20.3 Å². The molecule has 11 heteroatoms. The lowest BCUT2D eigenvalue weighted by Crippen LogP contribution is -2.31. The van der Waals surface area contributed by atoms with Crippen molar-refractivity contribution in [3.8, 4) is 0 Å². The number of hydrogen-bond donors (Lipinski definition) is 2. The number of aryl methyl sites for hydroxylation is 3. The maximum atomic E-state index is 12.7. The van der Waals surface area contributed by atoms with Gasteiger partial charge in [0.25, 0.3) is 5.56 Å². The molecule has 1 aromatic carbocycles. The van der Waals surface area contributed by atoms with Crippen molar-refractivity contribution >= 4 is 22.8 Å². The Kier molecular flexibility index (Phi) is 7.39. The van der Waals surface area contributed by atoms with E-state index in [9.17, 15) is 27.6 Å². The molecule has 2 aromatic heterocycles. The van der Waals surface area contributed by atoms with E-state index in [-0.39, 0.29) is 18.5 Å². The first-order chi connectivity index (χ1) is 15.7. The molecule has 2 heterocycles. The van der Waals surface area contributed by atoms with Crippen LogP contribution in [0.3, 0.4) is 0 Å². The number of anilines is 1. The van der Waals surface area contributed by atoms with Crippen LogP contribution in [0.5, 0.6) is 0 Å². The molecule has 0 atom stereocenters. The summed E-state index contributed by atoms with van der Waals surface area (Å²) < 4.78 is 41.2. The number of alkyl halides is 3. The number of amides is 1. The van der Waals surface area contributed by atoms with E-state index in [1.807, 2.05) is 13.8 Å². The molecular formula is C22H26F3N5O3. The molecular weight excluding hydrogens is 439 g/mol. The summed E-state index contributed by atoms with van der Waals surface area (Å²) in [7, 11) is 0. The van der Waals surface area contributed by atoms with Crippen LogP contribution in [0.25, 0.3) is 11.2 Å². The molecule has 1 amide bonds. The van der Waals surface area contributed by atoms with Gasteiger partial charge in [-0.05, 0) is 37.1 Å². The Bertz CT molecular complexity index is 1240. The fraction of sp³-hybridized carbons (Fsp3) is 0.455. The zero-order valence-electron chi connectivity index (χ0n) is 18.5. The molecule has 0 aliphatic heterocycles. The Morgan fingerprint density at radius 3 is 2.36 bits per heavy atom. The number of carbonyl (C=O) groups is 1. The number of aromatic amines is 1. The molecule has 3 aromatic rings. The summed E-state index contributed by atoms with van der Waals surface area (Å²) in [4.78, 5) is 44.1. The highest BCUT2D eigenvalue weighted by molar-refractivity contribution is 5.90. The predicted octanol–water partition coefficient (Wildman–Crippen LogP) is 3.69. The normalized spacial score (nSPS) is 11.8. The average Bonchev–Trinajstić information content (AvgIpc) is 3.12. The van der Waals surface area contributed by atoms with Gasteiger partial charge in [-0.25, -0.2) is 9.78 Å². The zero-order chi connectivity index (χ0) is 24.2. The minimum absolute atomic E-state index is 0.00633. The molecule has 2 N–H and O–H groups in total. The van der Waals surface area contributed by atoms with E-state index < -0.39 is 28.9 Å². The number of carbonyl (C=O) groups excluding carboxylic acids is 1. The minimum Gasteiger partial charge on any atom is -0.326 e. The van der Waals surface area contributed by atoms with Crippen LogP contribution in [0.15, 0.2) is 33.9 Å². The van der Waals surface area contributed by atoms with Gasteiger partial charge >= 0.3 is 11.9 Å². The van der Waals surface area contributed by atoms with Crippen LogP contribution in [-0.2, 0) is 30.5 Å². The standard InChI is InChI=1S/C22H26F3N5O3/c1-3-5-13-29-16(27-19-18(29)20(32)28-21(33)30(19)12-4-2)10-11-17(31)26-15-8-6-14(7-9-15)22(23,24)25/h6-9H,3-5,10-13H2,1-2H3,(H,26,31)(H,28,32,33). The molecule has 3 rings (SSSR count). The van der Waals surface area contributed by atoms with Crippen molar-refractivity contribution in [2.75, 3.05) is 5.32 Å². The highest BCUT2D eigenvalue weighted by Gasteiger charge is 2.30. The van der Waals surface area contributed by atoms with Crippen LogP contribution >= 0.6 is 0 Å². The van der Waals surface area contributed by atoms with Gasteiger partial charge in [-0.2, -0.15) is 13.2 Å². The summed E-state index contributed by atoms with van der Waals surface area (Å²) in [5.74, 6) is 0.102. The number of rotatable bonds is 9. The van der Waals surface area contributed by atoms with Crippen molar-refractivity contribution in [3.63, 3.8) is 0 Å². The number of nitrogens with zero attached hydrogens (tertiary/aromatic N) is 3. The zero-order valence-corrected chi connectivity index (χ0v) is 18.5. The van der Waals surface area contributed by atoms with Gasteiger partial charge in [0.1, 0.15) is 5.82 Å². The van der Waals surface area contributed by atoms with E-state index >= 15 is 0 Å². The number of unbranched alkanes of at least 4 members (excludes halogenated alkanes) is 1. The first-order valence-electron chi connectivity index (χ1n) is 10.8. The molecule has 0 spiro atoms. The van der Waals surface area contributed by atoms with E-state index in [0.29, 0.717) is 36.5 Å². The summed E-state index contributed by atoms with van der Waals surface area (Å²) in [6.45, 7) is 4.82. The van der Waals surface area contributed by atoms with E-state index in [4.69, 9.17) is 0 Å². The Labute approximate surface area is 187 Å². The van der Waals surface area contributed by atoms with Gasteiger partial charge in [0.15, 0.2) is 11.2 Å². The van der Waals surface area contributed by atoms with Crippen LogP contribution in [0.1, 0.15) is 50.9 Å². The Morgan fingerprint density at radius 2 is 1.76 bits per heavy atom. The number of fused-ring (bicyclic) bond motifs is 1. The third kappa shape index (κ3) is 5.52. The number of hydrogen-bond acceptors (Lipinski definition) is 4. The number of benzene rings is 1. The summed E-state index contributed by atoms with van der Waals surface area (Å²) in [5, 5.41) is 2.57. The van der Waals surface area contributed by atoms with Crippen LogP contribution in [0, 0.1) is 0 Å². The largest absolute Gasteiger partial charge is 0.416 e. The van der Waals surface area contributed by atoms with Crippen molar-refractivity contribution in [2.24, 2.45) is 0 Å². The summed E-state index contributed by atoms with van der Waals surface area (Å²) >= 11 is 0. The van der Waals surface area contributed by atoms with E-state index in [1.54, 1.807) is 4.57 Å². The van der Waals surface area contributed by atoms with Crippen molar-refractivity contribution in [2.45, 2.75) is 65.2 Å². The second-order valence-corrected chi connectivity index (χ2v) is 7.74. The van der Waals surface area contributed by atoms with Crippen molar-refractivity contribution in [3.05, 3.63) is 56.5 Å². The smallest absolute Gasteiger partial charge is 0.326 e. The molecule has 0 bridgehead atoms. The molecule has 0 unspecified atom stereocenters. The summed E-state index contributed by atoms with van der Waals surface area (Å²) in [6, 6.07) is 4.19. The molecule has 0 radical (unpaired) electrons. The quantitative estimate of drug-likeness (QED) is 0.503. The molecule has 0 fully saturated rings. The molecule has 0 aliphatic carbocycles. The second kappa shape index (κ2) is 10.1. The van der Waals surface area contributed by atoms with Crippen LogP contribution in [-0.4, -0.2) is 25.0 Å². The molecule has 33 heavy (non-hydrogen) atoms. The first kappa shape index (κ1) is 24.3. The van der Waals surface area contributed by atoms with Crippen LogP contribution < -0.4 is 16.6 Å². The number of aromatic nitrogens is 4. The van der Waals surface area contributed by atoms with E-state index in [1.165, 1.54) is 16.7 Å². The van der Waals surface area contributed by atoms with Gasteiger partial charge in [0.2, 0.25) is 5.91 Å². The molecule has 0 saturated heterocycles. The van der Waals surface area contributed by atoms with Gasteiger partial charge in [-0.15, -0.1) is 0 Å². The minimum atomic E-state index is -4.45. The summed E-state index contributed by atoms with van der Waals surface area (Å²) in [5.41, 5.74) is -1.00. The van der Waals surface area contributed by atoms with Gasteiger partial charge in [0, 0.05) is 31.6 Å². The van der Waals surface area contributed by atoms with Gasteiger partial charge in [-0.3, -0.25) is 19.1 Å². The fourth-order valence-electron chi connectivity index (χ4n) is 3.59. The fourth-order valence-corrected chi connectivity index (χ4v) is 3.59. The lowest BCUT2D eigenvalue weighted by Gasteiger charge is -2.10. The SMILES string of the molecule is CCCCn1c(CCC(=O)Nc2ccc(C(F)(F)F)cc2)nc2c1c(=O)[nH]c(=O)n2CCC. The van der Waals surface area contributed by atoms with Crippen LogP contribution in [0.2, 0.25) is 0 Å². The van der Waals surface area contributed by atoms with Crippen molar-refractivity contribution in [1.29, 1.82) is 0 Å². The summed E-state index contributed by atoms with van der Waals surface area (Å²) in [6.07, 6.45) is -1.91. The highest BCUT2D eigenvalue weighted by atomic mass is 19.4. The Morgan fingerprint density at radius 1 is 1.06 bits per heavy atom. The van der Waals surface area contributed by atoms with Crippen molar-refractivity contribution < 1.29 is 18.0 Å². The van der Waals surface area contributed by atoms with E-state index in [2.05, 4.69) is 15.3 Å². The Balaban J connectivity index is 1.83. The molecule has 8 nitrogen and oxygen atoms in total. The molecule has 178 valence electrons. The lowest BCUT2D eigenvalue weighted by atomic mass is 10.2. The molecule has 0 saturated carbocycles. The van der Waals surface area contributed by atoms with Crippen LogP contribution in [0.4, 0.5) is 18.9 Å². The first-order valence-corrected chi connectivity index (χ1v) is 10.8.